The van der Waals surface area contributed by atoms with Gasteiger partial charge in [0.2, 0.25) is 5.95 Å². The molecule has 0 atom stereocenters. The molecule has 1 rings (SSSR count). The summed E-state index contributed by atoms with van der Waals surface area (Å²) in [5, 5.41) is 11.6. The highest BCUT2D eigenvalue weighted by Crippen LogP contribution is 2.30. The molecule has 0 saturated carbocycles. The molecule has 0 amide bonds. The molecule has 102 valence electrons. The lowest BCUT2D eigenvalue weighted by atomic mass is 10.0. The smallest absolute Gasteiger partial charge is 0.396 e. The van der Waals surface area contributed by atoms with E-state index in [4.69, 9.17) is 10.8 Å². The summed E-state index contributed by atoms with van der Waals surface area (Å²) >= 11 is 0. The quantitative estimate of drug-likeness (QED) is 0.770. The van der Waals surface area contributed by atoms with Crippen molar-refractivity contribution < 1.29 is 18.3 Å². The highest BCUT2D eigenvalue weighted by Gasteiger charge is 2.34. The average Bonchev–Trinajstić information content (AvgIpc) is 2.13. The summed E-state index contributed by atoms with van der Waals surface area (Å²) in [6, 6.07) is 0.787. The van der Waals surface area contributed by atoms with Gasteiger partial charge in [0.15, 0.2) is 5.69 Å². The molecule has 0 aliphatic carbocycles. The van der Waals surface area contributed by atoms with Gasteiger partial charge in [-0.3, -0.25) is 0 Å². The normalized spacial score (nSPS) is 12.6. The molecule has 0 unspecified atom stereocenters. The maximum Gasteiger partial charge on any atom is 0.433 e. The van der Waals surface area contributed by atoms with Crippen LogP contribution in [0.1, 0.15) is 26.0 Å². The predicted octanol–water partition coefficient (Wildman–Crippen LogP) is 1.65. The Balaban J connectivity index is 3.00. The highest BCUT2D eigenvalue weighted by atomic mass is 19.4. The SMILES string of the molecule is CC(C)(CCO)Nc1cc(C(F)(F)F)nc(N)n1. The Morgan fingerprint density at radius 3 is 2.44 bits per heavy atom. The first kappa shape index (κ1) is 14.5. The molecule has 5 nitrogen and oxygen atoms in total. The second-order valence-corrected chi connectivity index (χ2v) is 4.48. The number of aliphatic hydroxyl groups excluding tert-OH is 1. The van der Waals surface area contributed by atoms with Crippen molar-refractivity contribution in [2.45, 2.75) is 32.0 Å². The number of aliphatic hydroxyl groups is 1. The predicted molar refractivity (Wildman–Crippen MR) is 60.9 cm³/mol. The summed E-state index contributed by atoms with van der Waals surface area (Å²) in [5.74, 6) is -0.472. The average molecular weight is 264 g/mol. The summed E-state index contributed by atoms with van der Waals surface area (Å²) in [7, 11) is 0. The standard InChI is InChI=1S/C10H15F3N4O/c1-9(2,3-4-18)17-7-5-6(10(11,12)13)15-8(14)16-7/h5,18H,3-4H2,1-2H3,(H3,14,15,16,17). The lowest BCUT2D eigenvalue weighted by molar-refractivity contribution is -0.141. The van der Waals surface area contributed by atoms with E-state index < -0.39 is 23.4 Å². The molecule has 1 aromatic heterocycles. The van der Waals surface area contributed by atoms with E-state index in [1.165, 1.54) is 0 Å². The van der Waals surface area contributed by atoms with Gasteiger partial charge in [-0.1, -0.05) is 0 Å². The van der Waals surface area contributed by atoms with Gasteiger partial charge in [-0.25, -0.2) is 4.98 Å². The number of halogens is 3. The second kappa shape index (κ2) is 4.97. The van der Waals surface area contributed by atoms with Gasteiger partial charge >= 0.3 is 6.18 Å². The Kier molecular flexibility index (Phi) is 4.00. The van der Waals surface area contributed by atoms with Gasteiger partial charge in [0, 0.05) is 18.2 Å². The van der Waals surface area contributed by atoms with Gasteiger partial charge < -0.3 is 16.2 Å². The van der Waals surface area contributed by atoms with E-state index in [0.717, 1.165) is 6.07 Å². The van der Waals surface area contributed by atoms with E-state index in [9.17, 15) is 13.2 Å². The van der Waals surface area contributed by atoms with Gasteiger partial charge in [0.1, 0.15) is 5.82 Å². The van der Waals surface area contributed by atoms with Crippen molar-refractivity contribution in [2.75, 3.05) is 17.7 Å². The van der Waals surface area contributed by atoms with Crippen LogP contribution >= 0.6 is 0 Å². The molecule has 0 aromatic carbocycles. The largest absolute Gasteiger partial charge is 0.433 e. The third-order valence-corrected chi connectivity index (χ3v) is 2.24. The zero-order valence-corrected chi connectivity index (χ0v) is 10.0. The molecule has 8 heteroatoms. The highest BCUT2D eigenvalue weighted by molar-refractivity contribution is 5.43. The number of nitrogens with zero attached hydrogens (tertiary/aromatic N) is 2. The van der Waals surface area contributed by atoms with Gasteiger partial charge in [0.05, 0.1) is 0 Å². The maximum absolute atomic E-state index is 12.5. The molecular weight excluding hydrogens is 249 g/mol. The minimum absolute atomic E-state index is 0.0201. The molecule has 0 fully saturated rings. The summed E-state index contributed by atoms with van der Waals surface area (Å²) in [4.78, 5) is 6.82. The zero-order valence-electron chi connectivity index (χ0n) is 10.0. The number of rotatable bonds is 4. The number of nitrogens with one attached hydrogen (secondary N) is 1. The lowest BCUT2D eigenvalue weighted by Crippen LogP contribution is -2.32. The fraction of sp³-hybridized carbons (Fsp3) is 0.600. The Labute approximate surface area is 102 Å². The number of hydrogen-bond donors (Lipinski definition) is 3. The summed E-state index contributed by atoms with van der Waals surface area (Å²) in [6.07, 6.45) is -4.22. The Bertz CT molecular complexity index is 420. The summed E-state index contributed by atoms with van der Waals surface area (Å²) in [6.45, 7) is 3.37. The molecule has 18 heavy (non-hydrogen) atoms. The minimum atomic E-state index is -4.57. The fourth-order valence-electron chi connectivity index (χ4n) is 1.36. The van der Waals surface area contributed by atoms with E-state index in [-0.39, 0.29) is 12.4 Å². The summed E-state index contributed by atoms with van der Waals surface area (Å²) < 4.78 is 37.5. The third-order valence-electron chi connectivity index (χ3n) is 2.24. The first-order chi connectivity index (χ1) is 8.14. The van der Waals surface area contributed by atoms with Crippen molar-refractivity contribution in [3.8, 4) is 0 Å². The van der Waals surface area contributed by atoms with Crippen LogP contribution in [0.5, 0.6) is 0 Å². The maximum atomic E-state index is 12.5. The van der Waals surface area contributed by atoms with E-state index in [1.54, 1.807) is 13.8 Å². The summed E-state index contributed by atoms with van der Waals surface area (Å²) in [5.41, 5.74) is 3.54. The number of aromatic nitrogens is 2. The van der Waals surface area contributed by atoms with Crippen LogP contribution in [0, 0.1) is 0 Å². The van der Waals surface area contributed by atoms with E-state index >= 15 is 0 Å². The number of nitrogen functional groups attached to an aromatic ring is 1. The first-order valence-electron chi connectivity index (χ1n) is 5.25. The van der Waals surface area contributed by atoms with Gasteiger partial charge in [-0.15, -0.1) is 0 Å². The Morgan fingerprint density at radius 1 is 1.33 bits per heavy atom. The lowest BCUT2D eigenvalue weighted by Gasteiger charge is -2.26. The van der Waals surface area contributed by atoms with Crippen LogP contribution in [0.3, 0.4) is 0 Å². The third kappa shape index (κ3) is 4.02. The number of anilines is 2. The number of hydrogen-bond acceptors (Lipinski definition) is 5. The zero-order chi connectivity index (χ0) is 14.0. The fourth-order valence-corrected chi connectivity index (χ4v) is 1.36. The van der Waals surface area contributed by atoms with Crippen LogP contribution in [0.2, 0.25) is 0 Å². The molecule has 0 aliphatic rings. The molecule has 0 spiro atoms. The molecule has 1 aromatic rings. The molecular formula is C10H15F3N4O. The van der Waals surface area contributed by atoms with Crippen molar-refractivity contribution in [1.29, 1.82) is 0 Å². The molecule has 4 N–H and O–H groups in total. The van der Waals surface area contributed by atoms with Gasteiger partial charge in [-0.2, -0.15) is 18.2 Å². The van der Waals surface area contributed by atoms with Crippen LogP contribution in [0.4, 0.5) is 24.9 Å². The van der Waals surface area contributed by atoms with Gasteiger partial charge in [-0.05, 0) is 20.3 Å². The molecule has 1 heterocycles. The van der Waals surface area contributed by atoms with E-state index in [1.807, 2.05) is 0 Å². The minimum Gasteiger partial charge on any atom is -0.396 e. The topological polar surface area (TPSA) is 84.1 Å². The van der Waals surface area contributed by atoms with E-state index in [2.05, 4.69) is 15.3 Å². The van der Waals surface area contributed by atoms with Crippen LogP contribution in [-0.2, 0) is 6.18 Å². The Hall–Kier alpha value is -1.57. The van der Waals surface area contributed by atoms with Crippen molar-refractivity contribution >= 4 is 11.8 Å². The van der Waals surface area contributed by atoms with Crippen LogP contribution in [-0.4, -0.2) is 27.2 Å². The number of alkyl halides is 3. The molecule has 0 saturated heterocycles. The van der Waals surface area contributed by atoms with Crippen LogP contribution in [0.25, 0.3) is 0 Å². The molecule has 0 aliphatic heterocycles. The van der Waals surface area contributed by atoms with Crippen LogP contribution in [0.15, 0.2) is 6.07 Å². The van der Waals surface area contributed by atoms with Crippen LogP contribution < -0.4 is 11.1 Å². The molecule has 0 bridgehead atoms. The van der Waals surface area contributed by atoms with Crippen molar-refractivity contribution in [1.82, 2.24) is 9.97 Å². The van der Waals surface area contributed by atoms with E-state index in [0.29, 0.717) is 6.42 Å². The molecule has 0 radical (unpaired) electrons. The van der Waals surface area contributed by atoms with Gasteiger partial charge in [0.25, 0.3) is 0 Å². The van der Waals surface area contributed by atoms with Crippen molar-refractivity contribution in [2.24, 2.45) is 0 Å². The number of nitrogens with two attached hydrogens (primary N) is 1. The second-order valence-electron chi connectivity index (χ2n) is 4.48. The first-order valence-corrected chi connectivity index (χ1v) is 5.25. The van der Waals surface area contributed by atoms with Crippen molar-refractivity contribution in [3.63, 3.8) is 0 Å². The Morgan fingerprint density at radius 2 is 1.94 bits per heavy atom. The monoisotopic (exact) mass is 264 g/mol. The van der Waals surface area contributed by atoms with Crippen molar-refractivity contribution in [3.05, 3.63) is 11.8 Å².